The molecule has 0 rings (SSSR count). The van der Waals surface area contributed by atoms with Crippen molar-refractivity contribution in [2.45, 2.75) is 6.42 Å². The molecule has 0 saturated carbocycles. The zero-order valence-electron chi connectivity index (χ0n) is 5.42. The predicted octanol–water partition coefficient (Wildman–Crippen LogP) is -3.00. The Morgan fingerprint density at radius 2 is 1.33 bits per heavy atom. The van der Waals surface area contributed by atoms with E-state index in [1.165, 1.54) is 0 Å². The molecule has 9 heavy (non-hydrogen) atoms. The average Bonchev–Trinajstić information content (AvgIpc) is 1.27. The molecule has 0 aliphatic heterocycles. The van der Waals surface area contributed by atoms with Crippen LogP contribution in [0.2, 0.25) is 0 Å². The van der Waals surface area contributed by atoms with Crippen LogP contribution in [0.1, 0.15) is 6.42 Å². The van der Waals surface area contributed by atoms with Crippen molar-refractivity contribution in [1.82, 2.24) is 0 Å². The number of aliphatic carboxylic acids is 2. The molecule has 0 radical (unpaired) electrons. The molecule has 2 N–H and O–H groups in total. The van der Waals surface area contributed by atoms with Crippen LogP contribution in [0.3, 0.4) is 0 Å². The Morgan fingerprint density at radius 1 is 1.11 bits per heavy atom. The summed E-state index contributed by atoms with van der Waals surface area (Å²) in [7, 11) is 0. The van der Waals surface area contributed by atoms with Gasteiger partial charge < -0.3 is 17.6 Å². The summed E-state index contributed by atoms with van der Waals surface area (Å²) >= 11 is 0. The molecule has 0 spiro atoms. The Balaban J connectivity index is -0.000000180. The number of carboxylic acid groups (broad SMARTS) is 2. The Labute approximate surface area is 95.7 Å². The van der Waals surface area contributed by atoms with Crippen LogP contribution in [0.25, 0.3) is 0 Å². The fraction of sp³-hybridized carbons (Fsp3) is 0.250. The maximum Gasteiger partial charge on any atom is 1.00 e. The Bertz CT molecular complexity index is 88.7. The quantitative estimate of drug-likeness (QED) is 0.255. The van der Waals surface area contributed by atoms with Gasteiger partial charge in [-0.2, -0.15) is 0 Å². The first kappa shape index (κ1) is 16.3. The predicted molar refractivity (Wildman–Crippen MR) is 26.3 cm³/mol. The third kappa shape index (κ3) is 17.7. The van der Waals surface area contributed by atoms with Crippen LogP contribution >= 0.6 is 0 Å². The maximum absolute atomic E-state index is 9.43. The first-order valence-electron chi connectivity index (χ1n) is 1.56. The third-order valence-electron chi connectivity index (χ3n) is 0.302. The summed E-state index contributed by atoms with van der Waals surface area (Å²) in [5.74, 6) is -2.62. The van der Waals surface area contributed by atoms with Gasteiger partial charge in [-0.05, 0) is 0 Å². The number of hydrogen-bond acceptors (Lipinski definition) is 2. The van der Waals surface area contributed by atoms with Gasteiger partial charge in [-0.3, -0.25) is 9.59 Å². The first-order chi connectivity index (χ1) is 3.13. The van der Waals surface area contributed by atoms with Crippen molar-refractivity contribution in [3.63, 3.8) is 0 Å². The van der Waals surface area contributed by atoms with Gasteiger partial charge in [0.25, 0.3) is 0 Å². The minimum atomic E-state index is -1.31. The number of carbonyl (C=O) groups is 2. The molecule has 48 valence electrons. The van der Waals surface area contributed by atoms with Crippen LogP contribution in [0.15, 0.2) is 0 Å². The largest absolute Gasteiger partial charge is 1.00 e. The van der Waals surface area contributed by atoms with E-state index in [1.54, 1.807) is 0 Å². The molecule has 0 aromatic rings. The molecule has 0 atom stereocenters. The molecule has 0 amide bonds. The molecule has 0 aliphatic rings. The average molecular weight is 158 g/mol. The van der Waals surface area contributed by atoms with Gasteiger partial charge in [0.15, 0.2) is 0 Å². The minimum Gasteiger partial charge on any atom is -0.481 e. The molecule has 0 unspecified atom stereocenters. The summed E-state index contributed by atoms with van der Waals surface area (Å²) in [6.45, 7) is 0. The fourth-order valence-electron chi connectivity index (χ4n) is 0.129. The van der Waals surface area contributed by atoms with E-state index >= 15 is 0 Å². The van der Waals surface area contributed by atoms with Gasteiger partial charge in [-0.25, -0.2) is 0 Å². The molecule has 0 aromatic carbocycles. The van der Waals surface area contributed by atoms with Crippen molar-refractivity contribution >= 4 is 11.9 Å². The van der Waals surface area contributed by atoms with Crippen LogP contribution in [0.5, 0.6) is 0 Å². The van der Waals surface area contributed by atoms with Gasteiger partial charge in [0.2, 0.25) is 0 Å². The van der Waals surface area contributed by atoms with E-state index in [-0.39, 0.29) is 58.8 Å². The normalized spacial score (nSPS) is 6.22. The summed E-state index contributed by atoms with van der Waals surface area (Å²) in [6, 6.07) is 0. The Hall–Kier alpha value is 0.576. The van der Waals surface area contributed by atoms with E-state index in [9.17, 15) is 9.59 Å². The molecule has 0 aromatic heterocycles. The summed E-state index contributed by atoms with van der Waals surface area (Å²) in [6.07, 6.45) is -0.806. The summed E-state index contributed by atoms with van der Waals surface area (Å²) in [5.41, 5.74) is 0. The van der Waals surface area contributed by atoms with Crippen LogP contribution in [0.4, 0.5) is 0 Å². The number of rotatable bonds is 2. The third-order valence-corrected chi connectivity index (χ3v) is 0.302. The summed E-state index contributed by atoms with van der Waals surface area (Å²) in [5, 5.41) is 15.4. The van der Waals surface area contributed by atoms with Crippen molar-refractivity contribution in [2.75, 3.05) is 0 Å². The molecule has 0 aliphatic carbocycles. The fourth-order valence-corrected chi connectivity index (χ4v) is 0.129. The molecule has 5 heteroatoms. The van der Waals surface area contributed by atoms with Crippen LogP contribution in [0, 0.1) is 7.43 Å². The Morgan fingerprint density at radius 3 is 1.33 bits per heavy atom. The number of hydrogen-bond donors (Lipinski definition) is 2. The van der Waals surface area contributed by atoms with Crippen molar-refractivity contribution < 1.29 is 71.2 Å². The van der Waals surface area contributed by atoms with Crippen LogP contribution in [-0.4, -0.2) is 22.2 Å². The molecule has 0 saturated heterocycles. The van der Waals surface area contributed by atoms with Gasteiger partial charge in [0, 0.05) is 0 Å². The van der Waals surface area contributed by atoms with Crippen LogP contribution in [-0.2, 0) is 9.59 Å². The molecule has 0 fully saturated rings. The van der Waals surface area contributed by atoms with E-state index in [0.717, 1.165) is 0 Å². The van der Waals surface area contributed by atoms with E-state index in [1.807, 2.05) is 0 Å². The van der Waals surface area contributed by atoms with E-state index in [4.69, 9.17) is 10.2 Å². The molecular weight excluding hydrogens is 151 g/mol. The zero-order chi connectivity index (χ0) is 5.86. The maximum atomic E-state index is 9.43. The van der Waals surface area contributed by atoms with Gasteiger partial charge in [0.05, 0.1) is 0 Å². The second kappa shape index (κ2) is 8.58. The molecular formula is C4H7KO4. The van der Waals surface area contributed by atoms with Gasteiger partial charge in [-0.1, -0.05) is 0 Å². The van der Waals surface area contributed by atoms with E-state index in [2.05, 4.69) is 0 Å². The van der Waals surface area contributed by atoms with E-state index < -0.39 is 18.4 Å². The standard InChI is InChI=1S/C3H4O4.CH3.K/c4-2(5)1-3(6)7;;/h1H2,(H,4,5)(H,6,7);1H3;/q;-1;+1. The second-order valence-corrected chi connectivity index (χ2v) is 0.964. The number of carboxylic acids is 2. The monoisotopic (exact) mass is 158 g/mol. The molecule has 4 nitrogen and oxygen atoms in total. The van der Waals surface area contributed by atoms with Crippen molar-refractivity contribution in [3.8, 4) is 0 Å². The van der Waals surface area contributed by atoms with Gasteiger partial charge in [-0.15, -0.1) is 0 Å². The molecule has 0 bridgehead atoms. The van der Waals surface area contributed by atoms with Crippen molar-refractivity contribution in [3.05, 3.63) is 7.43 Å². The zero-order valence-corrected chi connectivity index (χ0v) is 8.54. The van der Waals surface area contributed by atoms with Crippen molar-refractivity contribution in [1.29, 1.82) is 0 Å². The SMILES string of the molecule is O=C(O)CC(=O)O.[CH3-].[K+]. The van der Waals surface area contributed by atoms with Crippen LogP contribution < -0.4 is 51.4 Å². The minimum absolute atomic E-state index is 0. The van der Waals surface area contributed by atoms with Crippen molar-refractivity contribution in [2.24, 2.45) is 0 Å². The first-order valence-corrected chi connectivity index (χ1v) is 1.56. The Kier molecular flexibility index (Phi) is 15.5. The van der Waals surface area contributed by atoms with E-state index in [0.29, 0.717) is 0 Å². The van der Waals surface area contributed by atoms with Gasteiger partial charge in [0.1, 0.15) is 6.42 Å². The molecule has 0 heterocycles. The summed E-state index contributed by atoms with van der Waals surface area (Å²) < 4.78 is 0. The summed E-state index contributed by atoms with van der Waals surface area (Å²) in [4.78, 5) is 18.9. The topological polar surface area (TPSA) is 74.6 Å². The second-order valence-electron chi connectivity index (χ2n) is 0.964. The smallest absolute Gasteiger partial charge is 0.481 e. The van der Waals surface area contributed by atoms with Gasteiger partial charge >= 0.3 is 63.3 Å².